The topological polar surface area (TPSA) is 90.0 Å². The van der Waals surface area contributed by atoms with Gasteiger partial charge in [0.2, 0.25) is 0 Å². The van der Waals surface area contributed by atoms with Crippen LogP contribution in [0.4, 0.5) is 0 Å². The zero-order chi connectivity index (χ0) is 14.0. The lowest BCUT2D eigenvalue weighted by atomic mass is 10.2. The van der Waals surface area contributed by atoms with Gasteiger partial charge in [-0.2, -0.15) is 0 Å². The highest BCUT2D eigenvalue weighted by molar-refractivity contribution is 7.89. The summed E-state index contributed by atoms with van der Waals surface area (Å²) in [5.41, 5.74) is 5.89. The van der Waals surface area contributed by atoms with Gasteiger partial charge in [-0.25, -0.2) is 18.1 Å². The fourth-order valence-electron chi connectivity index (χ4n) is 2.05. The van der Waals surface area contributed by atoms with Crippen LogP contribution in [0.2, 0.25) is 0 Å². The lowest BCUT2D eigenvalue weighted by Crippen LogP contribution is -2.38. The first kappa shape index (κ1) is 14.5. The van der Waals surface area contributed by atoms with Crippen molar-refractivity contribution >= 4 is 10.0 Å². The number of nitrogens with zero attached hydrogens (tertiary/aromatic N) is 2. The Balaban J connectivity index is 2.03. The largest absolute Gasteiger partial charge is 0.334 e. The van der Waals surface area contributed by atoms with Crippen molar-refractivity contribution in [2.45, 2.75) is 50.7 Å². The van der Waals surface area contributed by atoms with E-state index in [2.05, 4.69) is 9.71 Å². The van der Waals surface area contributed by atoms with E-state index in [9.17, 15) is 8.42 Å². The number of imidazole rings is 1. The molecule has 0 aliphatic heterocycles. The van der Waals surface area contributed by atoms with E-state index in [-0.39, 0.29) is 17.6 Å². The van der Waals surface area contributed by atoms with Crippen LogP contribution >= 0.6 is 0 Å². The standard InChI is InChI=1S/C12H22N4O2S/c1-3-6-16-8-12(15-9(16)2)19(17,18)14-7-11(13)10-4-5-10/h8,10-11,14H,3-7,13H2,1-2H3. The highest BCUT2D eigenvalue weighted by Gasteiger charge is 2.29. The molecule has 1 heterocycles. The molecule has 3 N–H and O–H groups in total. The molecule has 1 atom stereocenters. The van der Waals surface area contributed by atoms with Crippen LogP contribution in [-0.4, -0.2) is 30.6 Å². The molecule has 0 bridgehead atoms. The Labute approximate surface area is 114 Å². The summed E-state index contributed by atoms with van der Waals surface area (Å²) < 4.78 is 28.6. The Morgan fingerprint density at radius 2 is 2.26 bits per heavy atom. The van der Waals surface area contributed by atoms with Gasteiger partial charge in [0, 0.05) is 25.3 Å². The molecule has 7 heteroatoms. The van der Waals surface area contributed by atoms with Crippen molar-refractivity contribution in [3.63, 3.8) is 0 Å². The van der Waals surface area contributed by atoms with E-state index < -0.39 is 10.0 Å². The van der Waals surface area contributed by atoms with Crippen LogP contribution in [0.25, 0.3) is 0 Å². The highest BCUT2D eigenvalue weighted by atomic mass is 32.2. The summed E-state index contributed by atoms with van der Waals surface area (Å²) in [4.78, 5) is 4.11. The SMILES string of the molecule is CCCn1cc(S(=O)(=O)NCC(N)C2CC2)nc1C. The molecule has 1 fully saturated rings. The zero-order valence-corrected chi connectivity index (χ0v) is 12.3. The number of rotatable bonds is 7. The van der Waals surface area contributed by atoms with Gasteiger partial charge in [0.25, 0.3) is 10.0 Å². The van der Waals surface area contributed by atoms with Gasteiger partial charge in [-0.1, -0.05) is 6.92 Å². The molecular weight excluding hydrogens is 264 g/mol. The molecule has 6 nitrogen and oxygen atoms in total. The van der Waals surface area contributed by atoms with Gasteiger partial charge >= 0.3 is 0 Å². The summed E-state index contributed by atoms with van der Waals surface area (Å²) in [5.74, 6) is 1.19. The van der Waals surface area contributed by atoms with Crippen LogP contribution in [0.3, 0.4) is 0 Å². The summed E-state index contributed by atoms with van der Waals surface area (Å²) in [7, 11) is -3.54. The number of hydrogen-bond acceptors (Lipinski definition) is 4. The molecule has 1 aliphatic rings. The molecule has 1 aromatic heterocycles. The van der Waals surface area contributed by atoms with Gasteiger partial charge in [0.05, 0.1) is 0 Å². The summed E-state index contributed by atoms with van der Waals surface area (Å²) in [6.45, 7) is 4.91. The number of aryl methyl sites for hydroxylation is 2. The van der Waals surface area contributed by atoms with Gasteiger partial charge in [0.1, 0.15) is 5.82 Å². The van der Waals surface area contributed by atoms with Gasteiger partial charge in [-0.15, -0.1) is 0 Å². The van der Waals surface area contributed by atoms with E-state index in [0.29, 0.717) is 11.7 Å². The van der Waals surface area contributed by atoms with E-state index in [1.165, 1.54) is 0 Å². The molecule has 19 heavy (non-hydrogen) atoms. The molecule has 1 unspecified atom stereocenters. The van der Waals surface area contributed by atoms with Crippen LogP contribution in [-0.2, 0) is 16.6 Å². The lowest BCUT2D eigenvalue weighted by molar-refractivity contribution is 0.545. The normalized spacial score (nSPS) is 17.6. The summed E-state index contributed by atoms with van der Waals surface area (Å²) in [6.07, 6.45) is 4.74. The van der Waals surface area contributed by atoms with E-state index in [1.807, 2.05) is 18.4 Å². The Bertz CT molecular complexity index is 534. The molecule has 0 radical (unpaired) electrons. The Morgan fingerprint density at radius 3 is 2.84 bits per heavy atom. The van der Waals surface area contributed by atoms with Gasteiger partial charge in [-0.3, -0.25) is 0 Å². The van der Waals surface area contributed by atoms with Crippen LogP contribution in [0, 0.1) is 12.8 Å². The third kappa shape index (κ3) is 3.55. The monoisotopic (exact) mass is 286 g/mol. The van der Waals surface area contributed by atoms with Crippen LogP contribution in [0.15, 0.2) is 11.2 Å². The van der Waals surface area contributed by atoms with Crippen molar-refractivity contribution in [2.24, 2.45) is 11.7 Å². The summed E-state index contributed by atoms with van der Waals surface area (Å²) >= 11 is 0. The van der Waals surface area contributed by atoms with Crippen LogP contribution < -0.4 is 10.5 Å². The third-order valence-electron chi connectivity index (χ3n) is 3.43. The molecule has 1 saturated carbocycles. The van der Waals surface area contributed by atoms with E-state index >= 15 is 0 Å². The Kier molecular flexibility index (Phi) is 4.27. The van der Waals surface area contributed by atoms with E-state index in [1.54, 1.807) is 6.20 Å². The molecule has 1 aliphatic carbocycles. The maximum absolute atomic E-state index is 12.1. The third-order valence-corrected chi connectivity index (χ3v) is 4.72. The zero-order valence-electron chi connectivity index (χ0n) is 11.5. The summed E-state index contributed by atoms with van der Waals surface area (Å²) in [5, 5.41) is 0.0847. The van der Waals surface area contributed by atoms with Crippen molar-refractivity contribution in [1.82, 2.24) is 14.3 Å². The molecule has 0 saturated heterocycles. The Morgan fingerprint density at radius 1 is 1.58 bits per heavy atom. The van der Waals surface area contributed by atoms with Crippen molar-refractivity contribution < 1.29 is 8.42 Å². The van der Waals surface area contributed by atoms with Crippen LogP contribution in [0.5, 0.6) is 0 Å². The molecule has 1 aromatic rings. The van der Waals surface area contributed by atoms with Crippen LogP contribution in [0.1, 0.15) is 32.0 Å². The first-order chi connectivity index (χ1) is 8.94. The first-order valence-electron chi connectivity index (χ1n) is 6.73. The van der Waals surface area contributed by atoms with Crippen molar-refractivity contribution in [3.8, 4) is 0 Å². The van der Waals surface area contributed by atoms with E-state index in [0.717, 1.165) is 25.8 Å². The average molecular weight is 286 g/mol. The lowest BCUT2D eigenvalue weighted by Gasteiger charge is -2.10. The van der Waals surface area contributed by atoms with Gasteiger partial charge in [0.15, 0.2) is 5.03 Å². The van der Waals surface area contributed by atoms with E-state index in [4.69, 9.17) is 5.73 Å². The molecule has 0 aromatic carbocycles. The summed E-state index contributed by atoms with van der Waals surface area (Å²) in [6, 6.07) is -0.0893. The molecule has 0 spiro atoms. The maximum atomic E-state index is 12.1. The minimum absolute atomic E-state index is 0.0847. The second-order valence-electron chi connectivity index (χ2n) is 5.17. The second kappa shape index (κ2) is 5.60. The van der Waals surface area contributed by atoms with Crippen molar-refractivity contribution in [2.75, 3.05) is 6.54 Å². The Hall–Kier alpha value is -0.920. The number of sulfonamides is 1. The molecule has 0 amide bonds. The maximum Gasteiger partial charge on any atom is 0.259 e. The van der Waals surface area contributed by atoms with Gasteiger partial charge < -0.3 is 10.3 Å². The first-order valence-corrected chi connectivity index (χ1v) is 8.21. The quantitative estimate of drug-likeness (QED) is 0.768. The minimum atomic E-state index is -3.54. The highest BCUT2D eigenvalue weighted by Crippen LogP contribution is 2.31. The second-order valence-corrected chi connectivity index (χ2v) is 6.89. The van der Waals surface area contributed by atoms with Crippen molar-refractivity contribution in [3.05, 3.63) is 12.0 Å². The number of hydrogen-bond donors (Lipinski definition) is 2. The fraction of sp³-hybridized carbons (Fsp3) is 0.750. The van der Waals surface area contributed by atoms with Gasteiger partial charge in [-0.05, 0) is 32.1 Å². The molecule has 2 rings (SSSR count). The number of nitrogens with two attached hydrogens (primary N) is 1. The van der Waals surface area contributed by atoms with Crippen molar-refractivity contribution in [1.29, 1.82) is 0 Å². The predicted octanol–water partition coefficient (Wildman–Crippen LogP) is 0.617. The predicted molar refractivity (Wildman–Crippen MR) is 73.1 cm³/mol. The number of nitrogens with one attached hydrogen (secondary N) is 1. The number of aromatic nitrogens is 2. The minimum Gasteiger partial charge on any atom is -0.334 e. The molecular formula is C12H22N4O2S. The average Bonchev–Trinajstić information content (AvgIpc) is 3.13. The smallest absolute Gasteiger partial charge is 0.259 e. The molecule has 108 valence electrons. The fourth-order valence-corrected chi connectivity index (χ4v) is 3.12.